The van der Waals surface area contributed by atoms with Crippen molar-refractivity contribution in [2.45, 2.75) is 20.3 Å². The zero-order valence-corrected chi connectivity index (χ0v) is 38.6. The molecule has 70 heavy (non-hydrogen) atoms. The second-order valence-electron chi connectivity index (χ2n) is 17.4. The van der Waals surface area contributed by atoms with Gasteiger partial charge in [0.1, 0.15) is 22.5 Å². The normalized spacial score (nSPS) is 12.3. The zero-order chi connectivity index (χ0) is 46.7. The number of aromatic nitrogens is 4. The van der Waals surface area contributed by atoms with Crippen LogP contribution in [0.1, 0.15) is 31.6 Å². The Kier molecular flexibility index (Phi) is 9.91. The maximum Gasteiger partial charge on any atom is 0.164 e. The third kappa shape index (κ3) is 6.75. The van der Waals surface area contributed by atoms with Gasteiger partial charge in [-0.05, 0) is 77.0 Å². The summed E-state index contributed by atoms with van der Waals surface area (Å²) in [6, 6.07) is 68.4. The van der Waals surface area contributed by atoms with Crippen LogP contribution in [-0.4, -0.2) is 19.5 Å². The summed E-state index contributed by atoms with van der Waals surface area (Å²) in [5, 5.41) is 8.01. The Morgan fingerprint density at radius 2 is 1.01 bits per heavy atom. The van der Waals surface area contributed by atoms with Crippen molar-refractivity contribution in [3.05, 3.63) is 218 Å². The van der Waals surface area contributed by atoms with E-state index in [4.69, 9.17) is 23.8 Å². The molecule has 0 amide bonds. The first kappa shape index (κ1) is 41.1. The molecule has 4 heterocycles. The third-order valence-electron chi connectivity index (χ3n) is 13.4. The average Bonchev–Trinajstić information content (AvgIpc) is 4.04. The van der Waals surface area contributed by atoms with Gasteiger partial charge in [0.15, 0.2) is 17.5 Å². The lowest BCUT2D eigenvalue weighted by Gasteiger charge is -2.15. The Labute approximate surface area is 404 Å². The van der Waals surface area contributed by atoms with Crippen LogP contribution in [0.5, 0.6) is 0 Å². The molecule has 0 radical (unpaired) electrons. The predicted octanol–water partition coefficient (Wildman–Crippen LogP) is 17.6. The number of para-hydroxylation sites is 2. The summed E-state index contributed by atoms with van der Waals surface area (Å²) in [5.41, 5.74) is 14.1. The fraction of sp³-hybridized carbons (Fsp3) is 0.0469. The summed E-state index contributed by atoms with van der Waals surface area (Å²) in [6.45, 7) is 4.00. The van der Waals surface area contributed by atoms with E-state index in [1.165, 1.54) is 21.5 Å². The number of furan rings is 2. The molecule has 0 unspecified atom stereocenters. The molecule has 4 aromatic heterocycles. The molecule has 0 N–H and O–H groups in total. The van der Waals surface area contributed by atoms with E-state index in [0.717, 1.165) is 106 Å². The average molecular weight is 901 g/mol. The van der Waals surface area contributed by atoms with Gasteiger partial charge in [-0.25, -0.2) is 15.0 Å². The number of allylic oxidation sites excluding steroid dienone is 2. The van der Waals surface area contributed by atoms with Crippen LogP contribution in [0.2, 0.25) is 0 Å². The van der Waals surface area contributed by atoms with Crippen molar-refractivity contribution in [2.24, 2.45) is 0 Å². The molecule has 1 aliphatic rings. The molecular formula is C64H44N4O2. The number of hydrogen-bond donors (Lipinski definition) is 0. The van der Waals surface area contributed by atoms with E-state index in [-0.39, 0.29) is 0 Å². The minimum Gasteiger partial charge on any atom is -0.456 e. The van der Waals surface area contributed by atoms with Crippen LogP contribution in [0, 0.1) is 0 Å². The highest BCUT2D eigenvalue weighted by atomic mass is 16.3. The number of benzene rings is 9. The smallest absolute Gasteiger partial charge is 0.164 e. The first-order chi connectivity index (χ1) is 34.7. The quantitative estimate of drug-likeness (QED) is 0.166. The summed E-state index contributed by atoms with van der Waals surface area (Å²) >= 11 is 0. The van der Waals surface area contributed by atoms with Crippen LogP contribution in [-0.2, 0) is 0 Å². The topological polar surface area (TPSA) is 69.9 Å². The van der Waals surface area contributed by atoms with Gasteiger partial charge >= 0.3 is 0 Å². The van der Waals surface area contributed by atoms with E-state index in [1.54, 1.807) is 0 Å². The standard InChI is InChI=1S/C62H38N4O2.C2H6/c1-3-16-39(17-4-1)60-63-61(65-62(64-60)43-32-33-49-48-23-5-2-6-28-53(48)68-56(49)37-43)42-20-12-21-44(36-42)66-58-46-22-8-7-15-38(46)31-34-51(58)50-27-13-26-47(59(50)66)41-19-11-18-40(35-41)45-25-14-30-55-57(45)52-24-9-10-29-54(52)67-55;1-2/h1,3-37H,2H2;1-2H3. The zero-order valence-electron chi connectivity index (χ0n) is 38.6. The minimum absolute atomic E-state index is 0.572. The number of hydrogen-bond acceptors (Lipinski definition) is 5. The van der Waals surface area contributed by atoms with Crippen molar-refractivity contribution in [3.8, 4) is 62.1 Å². The van der Waals surface area contributed by atoms with Crippen LogP contribution >= 0.6 is 0 Å². The van der Waals surface area contributed by atoms with Crippen LogP contribution in [0.25, 0.3) is 140 Å². The largest absolute Gasteiger partial charge is 0.456 e. The van der Waals surface area contributed by atoms with Gasteiger partial charge in [0.2, 0.25) is 0 Å². The Morgan fingerprint density at radius 3 is 1.89 bits per heavy atom. The van der Waals surface area contributed by atoms with Crippen LogP contribution in [0.4, 0.5) is 0 Å². The number of fused-ring (bicyclic) bond motifs is 11. The molecule has 6 nitrogen and oxygen atoms in total. The molecule has 6 heteroatoms. The van der Waals surface area contributed by atoms with Crippen LogP contribution < -0.4 is 0 Å². The molecule has 9 aromatic carbocycles. The summed E-state index contributed by atoms with van der Waals surface area (Å²) in [4.78, 5) is 15.5. The number of rotatable bonds is 6. The van der Waals surface area contributed by atoms with E-state index >= 15 is 0 Å². The molecule has 0 spiro atoms. The molecule has 0 saturated carbocycles. The molecule has 0 atom stereocenters. The molecule has 0 aliphatic heterocycles. The first-order valence-corrected chi connectivity index (χ1v) is 24.0. The second kappa shape index (κ2) is 16.9. The SMILES string of the molecule is C1=Cc2oc3cc(-c4nc(-c5ccccc5)nc(-c5cccc(-n6c7c(-c8cccc(-c9cccc%10oc%11ccccc%11c9%10)c8)cccc7c7ccc8ccccc8c76)c5)n4)ccc3c2C=CC1.CC. The second-order valence-corrected chi connectivity index (χ2v) is 17.4. The lowest BCUT2D eigenvalue weighted by atomic mass is 9.95. The van der Waals surface area contributed by atoms with E-state index < -0.39 is 0 Å². The van der Waals surface area contributed by atoms with Gasteiger partial charge in [-0.15, -0.1) is 0 Å². The van der Waals surface area contributed by atoms with E-state index in [9.17, 15) is 0 Å². The summed E-state index contributed by atoms with van der Waals surface area (Å²) < 4.78 is 15.2. The Morgan fingerprint density at radius 1 is 0.400 bits per heavy atom. The van der Waals surface area contributed by atoms with Gasteiger partial charge in [0.05, 0.1) is 11.0 Å². The fourth-order valence-corrected chi connectivity index (χ4v) is 10.3. The molecule has 0 fully saturated rings. The van der Waals surface area contributed by atoms with Gasteiger partial charge in [-0.2, -0.15) is 0 Å². The van der Waals surface area contributed by atoms with Crippen LogP contribution in [0.15, 0.2) is 215 Å². The lowest BCUT2D eigenvalue weighted by molar-refractivity contribution is 0.603. The van der Waals surface area contributed by atoms with E-state index in [2.05, 4.69) is 174 Å². The maximum atomic E-state index is 6.40. The highest BCUT2D eigenvalue weighted by molar-refractivity contribution is 6.21. The van der Waals surface area contributed by atoms with Gasteiger partial charge in [0.25, 0.3) is 0 Å². The van der Waals surface area contributed by atoms with Crippen molar-refractivity contribution in [1.82, 2.24) is 19.5 Å². The van der Waals surface area contributed by atoms with Crippen LogP contribution in [0.3, 0.4) is 0 Å². The van der Waals surface area contributed by atoms with E-state index in [0.29, 0.717) is 17.5 Å². The summed E-state index contributed by atoms with van der Waals surface area (Å²) in [5.74, 6) is 2.61. The number of nitrogens with zero attached hydrogens (tertiary/aromatic N) is 4. The van der Waals surface area contributed by atoms with E-state index in [1.807, 2.05) is 62.4 Å². The Balaban J connectivity index is 0.00000237. The maximum absolute atomic E-state index is 6.40. The molecule has 14 rings (SSSR count). The van der Waals surface area contributed by atoms with Gasteiger partial charge in [0, 0.05) is 65.8 Å². The lowest BCUT2D eigenvalue weighted by Crippen LogP contribution is -2.01. The fourth-order valence-electron chi connectivity index (χ4n) is 10.3. The van der Waals surface area contributed by atoms with Crippen molar-refractivity contribution in [2.75, 3.05) is 0 Å². The highest BCUT2D eigenvalue weighted by Crippen LogP contribution is 2.44. The van der Waals surface area contributed by atoms with Crippen molar-refractivity contribution in [1.29, 1.82) is 0 Å². The molecule has 0 saturated heterocycles. The summed E-state index contributed by atoms with van der Waals surface area (Å²) in [7, 11) is 0. The molecule has 332 valence electrons. The third-order valence-corrected chi connectivity index (χ3v) is 13.4. The summed E-state index contributed by atoms with van der Waals surface area (Å²) in [6.07, 6.45) is 9.37. The Bertz CT molecular complexity index is 4250. The monoisotopic (exact) mass is 900 g/mol. The minimum atomic E-state index is 0.572. The molecule has 1 aliphatic carbocycles. The Hall–Kier alpha value is -9.13. The molecule has 13 aromatic rings. The van der Waals surface area contributed by atoms with Crippen molar-refractivity contribution >= 4 is 77.6 Å². The van der Waals surface area contributed by atoms with Gasteiger partial charge in [-0.1, -0.05) is 184 Å². The first-order valence-electron chi connectivity index (χ1n) is 24.0. The van der Waals surface area contributed by atoms with Gasteiger partial charge in [-0.3, -0.25) is 0 Å². The molecular weight excluding hydrogens is 857 g/mol. The predicted molar refractivity (Wildman–Crippen MR) is 290 cm³/mol. The highest BCUT2D eigenvalue weighted by Gasteiger charge is 2.22. The van der Waals surface area contributed by atoms with Crippen molar-refractivity contribution in [3.63, 3.8) is 0 Å². The molecule has 0 bridgehead atoms. The van der Waals surface area contributed by atoms with Crippen molar-refractivity contribution < 1.29 is 8.83 Å². The van der Waals surface area contributed by atoms with Gasteiger partial charge < -0.3 is 13.4 Å².